The quantitative estimate of drug-likeness (QED) is 0.480. The fourth-order valence-corrected chi connectivity index (χ4v) is 5.59. The van der Waals surface area contributed by atoms with E-state index in [-0.39, 0.29) is 18.4 Å². The lowest BCUT2D eigenvalue weighted by atomic mass is 9.53. The third-order valence-electron chi connectivity index (χ3n) is 7.30. The molecule has 0 aromatic rings. The third-order valence-corrected chi connectivity index (χ3v) is 7.30. The molecule has 0 heterocycles. The van der Waals surface area contributed by atoms with E-state index < -0.39 is 35.2 Å². The number of fused-ring (bicyclic) bond motifs is 3. The summed E-state index contributed by atoms with van der Waals surface area (Å²) in [6.45, 7) is 7.76. The number of hydrogen-bond donors (Lipinski definition) is 5. The van der Waals surface area contributed by atoms with Gasteiger partial charge in [-0.25, -0.2) is 0 Å². The molecule has 3 rings (SSSR count). The minimum atomic E-state index is -1.08. The van der Waals surface area contributed by atoms with E-state index in [1.807, 2.05) is 33.8 Å². The van der Waals surface area contributed by atoms with Gasteiger partial charge in [0.2, 0.25) is 0 Å². The first kappa shape index (κ1) is 19.1. The maximum atomic E-state index is 10.9. The highest BCUT2D eigenvalue weighted by Gasteiger charge is 2.60. The lowest BCUT2D eigenvalue weighted by Gasteiger charge is -2.52. The van der Waals surface area contributed by atoms with Gasteiger partial charge in [-0.05, 0) is 42.2 Å². The zero-order valence-electron chi connectivity index (χ0n) is 15.6. The molecule has 0 saturated heterocycles. The van der Waals surface area contributed by atoms with Crippen molar-refractivity contribution in [3.8, 4) is 0 Å². The molecule has 7 atom stereocenters. The van der Waals surface area contributed by atoms with Crippen LogP contribution in [0.25, 0.3) is 0 Å². The van der Waals surface area contributed by atoms with Gasteiger partial charge in [-0.2, -0.15) is 0 Å². The van der Waals surface area contributed by atoms with Crippen LogP contribution in [0.3, 0.4) is 0 Å². The molecular formula is C20H32O5. The van der Waals surface area contributed by atoms with Gasteiger partial charge < -0.3 is 25.5 Å². The van der Waals surface area contributed by atoms with Crippen molar-refractivity contribution in [2.45, 2.75) is 71.4 Å². The van der Waals surface area contributed by atoms with E-state index >= 15 is 0 Å². The summed E-state index contributed by atoms with van der Waals surface area (Å²) in [5.41, 5.74) is 1.32. The second-order valence-electron chi connectivity index (χ2n) is 8.95. The molecule has 0 radical (unpaired) electrons. The summed E-state index contributed by atoms with van der Waals surface area (Å²) in [5, 5.41) is 52.5. The predicted molar refractivity (Wildman–Crippen MR) is 94.6 cm³/mol. The number of allylic oxidation sites excluding steroid dienone is 1. The maximum absolute atomic E-state index is 10.9. The summed E-state index contributed by atoms with van der Waals surface area (Å²) in [6, 6.07) is 0. The van der Waals surface area contributed by atoms with Crippen molar-refractivity contribution in [1.82, 2.24) is 0 Å². The molecule has 0 amide bonds. The van der Waals surface area contributed by atoms with E-state index in [0.29, 0.717) is 24.8 Å². The van der Waals surface area contributed by atoms with Crippen LogP contribution in [0.2, 0.25) is 0 Å². The number of aliphatic hydroxyl groups is 5. The van der Waals surface area contributed by atoms with Crippen LogP contribution in [-0.2, 0) is 0 Å². The van der Waals surface area contributed by atoms with Gasteiger partial charge in [-0.3, -0.25) is 0 Å². The monoisotopic (exact) mass is 352 g/mol. The standard InChI is InChI=1S/C20H32O5/c1-10(2)13-14-12-6-5-11(9-21)15(22)17(24)19(12,3)7-8-20(14,4)18(25)16(13)23/h5,10,12,15-18,21-25H,6-9H2,1-4H3/t12-,15-,16+,17+,18-,19-,20-/m1/s1. The van der Waals surface area contributed by atoms with E-state index in [9.17, 15) is 25.5 Å². The molecule has 1 fully saturated rings. The van der Waals surface area contributed by atoms with Gasteiger partial charge in [0.25, 0.3) is 0 Å². The Morgan fingerprint density at radius 3 is 2.24 bits per heavy atom. The summed E-state index contributed by atoms with van der Waals surface area (Å²) in [7, 11) is 0. The molecule has 3 aliphatic carbocycles. The van der Waals surface area contributed by atoms with Crippen molar-refractivity contribution in [3.63, 3.8) is 0 Å². The molecule has 142 valence electrons. The van der Waals surface area contributed by atoms with Crippen LogP contribution in [-0.4, -0.2) is 56.6 Å². The van der Waals surface area contributed by atoms with Crippen molar-refractivity contribution < 1.29 is 25.5 Å². The average molecular weight is 352 g/mol. The van der Waals surface area contributed by atoms with Gasteiger partial charge in [0.1, 0.15) is 12.2 Å². The van der Waals surface area contributed by atoms with Gasteiger partial charge in [-0.15, -0.1) is 0 Å². The van der Waals surface area contributed by atoms with Crippen molar-refractivity contribution in [2.24, 2.45) is 22.7 Å². The summed E-state index contributed by atoms with van der Waals surface area (Å²) in [5.74, 6) is 0.0135. The molecule has 0 unspecified atom stereocenters. The molecule has 25 heavy (non-hydrogen) atoms. The zero-order chi connectivity index (χ0) is 18.7. The number of rotatable bonds is 2. The Labute approximate surface area is 149 Å². The highest BCUT2D eigenvalue weighted by Crippen LogP contribution is 2.63. The molecule has 1 saturated carbocycles. The van der Waals surface area contributed by atoms with E-state index in [2.05, 4.69) is 0 Å². The largest absolute Gasteiger partial charge is 0.392 e. The summed E-state index contributed by atoms with van der Waals surface area (Å²) in [4.78, 5) is 0. The molecular weight excluding hydrogens is 320 g/mol. The second kappa shape index (κ2) is 6.17. The summed E-state index contributed by atoms with van der Waals surface area (Å²) in [6.07, 6.45) is -0.0642. The van der Waals surface area contributed by atoms with Gasteiger partial charge in [0.05, 0.1) is 18.8 Å². The van der Waals surface area contributed by atoms with Crippen LogP contribution >= 0.6 is 0 Å². The highest BCUT2D eigenvalue weighted by molar-refractivity contribution is 5.42. The normalized spacial score (nSPS) is 47.4. The van der Waals surface area contributed by atoms with Crippen LogP contribution in [0.5, 0.6) is 0 Å². The third kappa shape index (κ3) is 2.47. The van der Waals surface area contributed by atoms with E-state index in [1.54, 1.807) is 0 Å². The van der Waals surface area contributed by atoms with Crippen LogP contribution in [0.4, 0.5) is 0 Å². The molecule has 0 spiro atoms. The van der Waals surface area contributed by atoms with Crippen molar-refractivity contribution in [1.29, 1.82) is 0 Å². The minimum Gasteiger partial charge on any atom is -0.392 e. The molecule has 0 bridgehead atoms. The van der Waals surface area contributed by atoms with E-state index in [4.69, 9.17) is 0 Å². The van der Waals surface area contributed by atoms with E-state index in [0.717, 1.165) is 11.1 Å². The Bertz CT molecular complexity index is 609. The Kier molecular flexibility index (Phi) is 4.70. The number of hydrogen-bond acceptors (Lipinski definition) is 5. The molecule has 3 aliphatic rings. The molecule has 0 aromatic carbocycles. The van der Waals surface area contributed by atoms with Crippen molar-refractivity contribution in [3.05, 3.63) is 22.8 Å². The Morgan fingerprint density at radius 1 is 1.04 bits per heavy atom. The van der Waals surface area contributed by atoms with Crippen molar-refractivity contribution in [2.75, 3.05) is 6.61 Å². The SMILES string of the molecule is CC(C)C1=C2[C@H]3CC=C(CO)[C@@H](O)[C@H](O)[C@]3(C)CC[C@@]2(C)[C@H](O)[C@H]1O. The summed E-state index contributed by atoms with van der Waals surface area (Å²) >= 11 is 0. The minimum absolute atomic E-state index is 0.0795. The smallest absolute Gasteiger partial charge is 0.104 e. The number of aliphatic hydroxyl groups excluding tert-OH is 5. The van der Waals surface area contributed by atoms with Crippen LogP contribution in [0.1, 0.15) is 47.0 Å². The van der Waals surface area contributed by atoms with Crippen LogP contribution in [0.15, 0.2) is 22.8 Å². The average Bonchev–Trinajstić information content (AvgIpc) is 2.71. The Morgan fingerprint density at radius 2 is 1.68 bits per heavy atom. The molecule has 5 nitrogen and oxygen atoms in total. The Hall–Kier alpha value is -0.720. The molecule has 0 aliphatic heterocycles. The molecule has 0 aromatic heterocycles. The molecule has 5 N–H and O–H groups in total. The van der Waals surface area contributed by atoms with Gasteiger partial charge in [-0.1, -0.05) is 39.3 Å². The maximum Gasteiger partial charge on any atom is 0.104 e. The lowest BCUT2D eigenvalue weighted by molar-refractivity contribution is -0.0976. The summed E-state index contributed by atoms with van der Waals surface area (Å²) < 4.78 is 0. The van der Waals surface area contributed by atoms with Gasteiger partial charge >= 0.3 is 0 Å². The topological polar surface area (TPSA) is 101 Å². The Balaban J connectivity index is 2.18. The van der Waals surface area contributed by atoms with E-state index in [1.165, 1.54) is 0 Å². The lowest BCUT2D eigenvalue weighted by Crippen LogP contribution is -2.52. The van der Waals surface area contributed by atoms with Gasteiger partial charge in [0, 0.05) is 10.8 Å². The van der Waals surface area contributed by atoms with Crippen molar-refractivity contribution >= 4 is 0 Å². The fraction of sp³-hybridized carbons (Fsp3) is 0.800. The highest BCUT2D eigenvalue weighted by atomic mass is 16.3. The van der Waals surface area contributed by atoms with Crippen LogP contribution in [0, 0.1) is 22.7 Å². The van der Waals surface area contributed by atoms with Gasteiger partial charge in [0.15, 0.2) is 0 Å². The fourth-order valence-electron chi connectivity index (χ4n) is 5.59. The zero-order valence-corrected chi connectivity index (χ0v) is 15.6. The predicted octanol–water partition coefficient (Wildman–Crippen LogP) is 1.14. The first-order chi connectivity index (χ1) is 11.6. The first-order valence-electron chi connectivity index (χ1n) is 9.36. The second-order valence-corrected chi connectivity index (χ2v) is 8.95. The molecule has 5 heteroatoms. The van der Waals surface area contributed by atoms with Crippen LogP contribution < -0.4 is 0 Å². The first-order valence-corrected chi connectivity index (χ1v) is 9.36.